The minimum atomic E-state index is -0.771. The van der Waals surface area contributed by atoms with Gasteiger partial charge in [-0.3, -0.25) is 4.79 Å². The summed E-state index contributed by atoms with van der Waals surface area (Å²) in [5.74, 6) is -2.03. The molecular weight excluding hydrogens is 328 g/mol. The largest absolute Gasteiger partial charge is 0.392 e. The van der Waals surface area contributed by atoms with Gasteiger partial charge in [-0.25, -0.2) is 13.5 Å². The summed E-state index contributed by atoms with van der Waals surface area (Å²) in [6, 6.07) is 12.0. The molecule has 0 aliphatic rings. The zero-order valence-electron chi connectivity index (χ0n) is 13.1. The topological polar surface area (TPSA) is 67.2 Å². The van der Waals surface area contributed by atoms with Crippen LogP contribution in [-0.2, 0) is 13.2 Å². The van der Waals surface area contributed by atoms with Gasteiger partial charge in [-0.2, -0.15) is 5.10 Å². The van der Waals surface area contributed by atoms with Gasteiger partial charge < -0.3 is 10.4 Å². The Labute approximate surface area is 142 Å². The summed E-state index contributed by atoms with van der Waals surface area (Å²) in [5.41, 5.74) is 1.18. The molecule has 1 amide bonds. The van der Waals surface area contributed by atoms with Crippen LogP contribution in [0.2, 0.25) is 0 Å². The van der Waals surface area contributed by atoms with Crippen LogP contribution in [0.3, 0.4) is 0 Å². The Kier molecular flexibility index (Phi) is 4.85. The number of rotatable bonds is 5. The number of hydrogen-bond acceptors (Lipinski definition) is 3. The minimum Gasteiger partial charge on any atom is -0.392 e. The van der Waals surface area contributed by atoms with Crippen LogP contribution in [-0.4, -0.2) is 20.8 Å². The van der Waals surface area contributed by atoms with Crippen LogP contribution in [0.5, 0.6) is 0 Å². The molecule has 3 rings (SSSR count). The van der Waals surface area contributed by atoms with Crippen molar-refractivity contribution in [1.29, 1.82) is 0 Å². The van der Waals surface area contributed by atoms with E-state index in [4.69, 9.17) is 0 Å². The van der Waals surface area contributed by atoms with E-state index in [1.165, 1.54) is 18.3 Å². The first-order valence-corrected chi connectivity index (χ1v) is 7.56. The van der Waals surface area contributed by atoms with Crippen molar-refractivity contribution in [3.8, 4) is 5.69 Å². The molecule has 3 aromatic rings. The second-order valence-corrected chi connectivity index (χ2v) is 5.33. The molecule has 0 radical (unpaired) electrons. The van der Waals surface area contributed by atoms with Crippen molar-refractivity contribution in [2.45, 2.75) is 13.2 Å². The molecule has 0 spiro atoms. The Bertz CT molecular complexity index is 889. The third-order valence-corrected chi connectivity index (χ3v) is 3.72. The van der Waals surface area contributed by atoms with Gasteiger partial charge in [0.05, 0.1) is 6.61 Å². The molecule has 7 heteroatoms. The third-order valence-electron chi connectivity index (χ3n) is 3.72. The zero-order valence-corrected chi connectivity index (χ0v) is 13.1. The average Bonchev–Trinajstić information content (AvgIpc) is 3.09. The number of nitrogens with one attached hydrogen (secondary N) is 1. The van der Waals surface area contributed by atoms with E-state index in [1.54, 1.807) is 24.3 Å². The summed E-state index contributed by atoms with van der Waals surface area (Å²) >= 11 is 0. The predicted molar refractivity (Wildman–Crippen MR) is 87.0 cm³/mol. The summed E-state index contributed by atoms with van der Waals surface area (Å²) in [4.78, 5) is 12.2. The average molecular weight is 343 g/mol. The fourth-order valence-corrected chi connectivity index (χ4v) is 2.43. The van der Waals surface area contributed by atoms with Crippen LogP contribution in [0, 0.1) is 11.6 Å². The number of nitrogens with zero attached hydrogens (tertiary/aromatic N) is 2. The number of benzene rings is 2. The fraction of sp³-hybridized carbons (Fsp3) is 0.111. The van der Waals surface area contributed by atoms with Gasteiger partial charge in [-0.05, 0) is 29.3 Å². The van der Waals surface area contributed by atoms with Gasteiger partial charge in [-0.1, -0.05) is 30.3 Å². The van der Waals surface area contributed by atoms with Crippen molar-refractivity contribution in [3.63, 3.8) is 0 Å². The van der Waals surface area contributed by atoms with Crippen molar-refractivity contribution in [2.24, 2.45) is 0 Å². The number of aliphatic hydroxyl groups excluding tert-OH is 1. The predicted octanol–water partition coefficient (Wildman–Crippen LogP) is 2.57. The highest BCUT2D eigenvalue weighted by atomic mass is 19.1. The standard InChI is InChI=1S/C18H15F2N3O2/c19-14-6-3-7-15(20)17(14)23-9-8-16(22-23)18(25)21-10-12-4-1-2-5-13(12)11-24/h1-9,24H,10-11H2,(H,21,25). The number of aromatic nitrogens is 2. The number of hydrogen-bond donors (Lipinski definition) is 2. The first-order valence-electron chi connectivity index (χ1n) is 7.56. The van der Waals surface area contributed by atoms with Gasteiger partial charge in [0.2, 0.25) is 0 Å². The molecule has 0 unspecified atom stereocenters. The Morgan fingerprint density at radius 3 is 2.40 bits per heavy atom. The van der Waals surface area contributed by atoms with Crippen LogP contribution >= 0.6 is 0 Å². The molecule has 25 heavy (non-hydrogen) atoms. The van der Waals surface area contributed by atoms with Gasteiger partial charge in [-0.15, -0.1) is 0 Å². The molecule has 2 N–H and O–H groups in total. The normalized spacial score (nSPS) is 10.7. The van der Waals surface area contributed by atoms with Crippen molar-refractivity contribution in [3.05, 3.63) is 83.2 Å². The molecule has 0 fully saturated rings. The van der Waals surface area contributed by atoms with E-state index < -0.39 is 17.5 Å². The third kappa shape index (κ3) is 3.56. The lowest BCUT2D eigenvalue weighted by atomic mass is 10.1. The van der Waals surface area contributed by atoms with Crippen molar-refractivity contribution < 1.29 is 18.7 Å². The fourth-order valence-electron chi connectivity index (χ4n) is 2.43. The van der Waals surface area contributed by atoms with Gasteiger partial charge in [0.15, 0.2) is 17.3 Å². The highest BCUT2D eigenvalue weighted by Gasteiger charge is 2.15. The molecule has 1 aromatic heterocycles. The molecule has 1 heterocycles. The second kappa shape index (κ2) is 7.23. The molecule has 0 bridgehead atoms. The van der Waals surface area contributed by atoms with Gasteiger partial charge in [0, 0.05) is 12.7 Å². The highest BCUT2D eigenvalue weighted by molar-refractivity contribution is 5.92. The van der Waals surface area contributed by atoms with Crippen molar-refractivity contribution in [2.75, 3.05) is 0 Å². The number of para-hydroxylation sites is 1. The van der Waals surface area contributed by atoms with Gasteiger partial charge >= 0.3 is 0 Å². The highest BCUT2D eigenvalue weighted by Crippen LogP contribution is 2.17. The Morgan fingerprint density at radius 2 is 1.72 bits per heavy atom. The van der Waals surface area contributed by atoms with E-state index in [1.807, 2.05) is 0 Å². The monoisotopic (exact) mass is 343 g/mol. The van der Waals surface area contributed by atoms with E-state index in [0.717, 1.165) is 22.4 Å². The molecule has 0 atom stereocenters. The van der Waals surface area contributed by atoms with E-state index >= 15 is 0 Å². The SMILES string of the molecule is O=C(NCc1ccccc1CO)c1ccn(-c2c(F)cccc2F)n1. The summed E-state index contributed by atoms with van der Waals surface area (Å²) in [6.45, 7) is 0.0731. The first-order chi connectivity index (χ1) is 12.1. The number of amides is 1. The first kappa shape index (κ1) is 16.8. The lowest BCUT2D eigenvalue weighted by molar-refractivity contribution is 0.0945. The second-order valence-electron chi connectivity index (χ2n) is 5.33. The molecule has 128 valence electrons. The Hall–Kier alpha value is -3.06. The lowest BCUT2D eigenvalue weighted by Gasteiger charge is -2.08. The van der Waals surface area contributed by atoms with Crippen LogP contribution in [0.4, 0.5) is 8.78 Å². The molecule has 5 nitrogen and oxygen atoms in total. The van der Waals surface area contributed by atoms with E-state index in [0.29, 0.717) is 5.56 Å². The molecular formula is C18H15F2N3O2. The van der Waals surface area contributed by atoms with Crippen molar-refractivity contribution >= 4 is 5.91 Å². The number of carbonyl (C=O) groups is 1. The number of halogens is 2. The lowest BCUT2D eigenvalue weighted by Crippen LogP contribution is -2.24. The van der Waals surface area contributed by atoms with Crippen LogP contribution in [0.25, 0.3) is 5.69 Å². The van der Waals surface area contributed by atoms with Crippen LogP contribution in [0.15, 0.2) is 54.7 Å². The minimum absolute atomic E-state index is 0.0316. The smallest absolute Gasteiger partial charge is 0.272 e. The molecule has 0 saturated heterocycles. The van der Waals surface area contributed by atoms with Crippen molar-refractivity contribution in [1.82, 2.24) is 15.1 Å². The maximum Gasteiger partial charge on any atom is 0.272 e. The van der Waals surface area contributed by atoms with Gasteiger partial charge in [0.1, 0.15) is 5.69 Å². The Morgan fingerprint density at radius 1 is 1.04 bits per heavy atom. The summed E-state index contributed by atoms with van der Waals surface area (Å²) in [7, 11) is 0. The maximum atomic E-state index is 13.8. The molecule has 0 aliphatic carbocycles. The summed E-state index contributed by atoms with van der Waals surface area (Å²) in [6.07, 6.45) is 1.32. The van der Waals surface area contributed by atoms with Crippen LogP contribution < -0.4 is 5.32 Å². The number of carbonyl (C=O) groups excluding carboxylic acids is 1. The molecule has 0 saturated carbocycles. The Balaban J connectivity index is 1.75. The quantitative estimate of drug-likeness (QED) is 0.748. The van der Waals surface area contributed by atoms with Crippen LogP contribution in [0.1, 0.15) is 21.6 Å². The molecule has 2 aromatic carbocycles. The summed E-state index contributed by atoms with van der Waals surface area (Å²) in [5, 5.41) is 15.9. The van der Waals surface area contributed by atoms with Gasteiger partial charge in [0.25, 0.3) is 5.91 Å². The summed E-state index contributed by atoms with van der Waals surface area (Å²) < 4.78 is 28.5. The molecule has 0 aliphatic heterocycles. The van der Waals surface area contributed by atoms with E-state index in [2.05, 4.69) is 10.4 Å². The van der Waals surface area contributed by atoms with E-state index in [9.17, 15) is 18.7 Å². The van der Waals surface area contributed by atoms with E-state index in [-0.39, 0.29) is 24.5 Å². The maximum absolute atomic E-state index is 13.8. The number of aliphatic hydroxyl groups is 1. The zero-order chi connectivity index (χ0) is 17.8.